The molecule has 0 aliphatic heterocycles. The summed E-state index contributed by atoms with van der Waals surface area (Å²) in [5.74, 6) is -0.610. The number of H-pyrrole nitrogens is 1. The summed E-state index contributed by atoms with van der Waals surface area (Å²) in [5, 5.41) is 0. The van der Waals surface area contributed by atoms with Gasteiger partial charge in [-0.1, -0.05) is 29.8 Å². The molecule has 0 atom stereocenters. The van der Waals surface area contributed by atoms with E-state index in [-0.39, 0.29) is 17.0 Å². The molecule has 0 radical (unpaired) electrons. The highest BCUT2D eigenvalue weighted by molar-refractivity contribution is 7.89. The van der Waals surface area contributed by atoms with Crippen LogP contribution in [-0.4, -0.2) is 13.4 Å². The highest BCUT2D eigenvalue weighted by Crippen LogP contribution is 2.21. The third kappa shape index (κ3) is 3.20. The molecule has 1 aromatic heterocycles. The van der Waals surface area contributed by atoms with Crippen LogP contribution in [0.5, 0.6) is 0 Å². The summed E-state index contributed by atoms with van der Waals surface area (Å²) in [7, 11) is -3.71. The zero-order chi connectivity index (χ0) is 16.6. The second kappa shape index (κ2) is 5.68. The van der Waals surface area contributed by atoms with Crippen molar-refractivity contribution in [2.45, 2.75) is 25.3 Å². The summed E-state index contributed by atoms with van der Waals surface area (Å²) in [6, 6.07) is 10.5. The van der Waals surface area contributed by atoms with Crippen molar-refractivity contribution < 1.29 is 12.8 Å². The van der Waals surface area contributed by atoms with Crippen molar-refractivity contribution >= 4 is 21.1 Å². The third-order valence-corrected chi connectivity index (χ3v) is 5.14. The van der Waals surface area contributed by atoms with E-state index < -0.39 is 15.8 Å². The molecule has 1 heterocycles. The number of aromatic nitrogens is 1. The largest absolute Gasteiger partial charge is 0.417 e. The SMILES string of the molecule is Cc1ccc(CNS(=O)(=O)c2cc3oc(=O)[nH]c3cc2C)cc1. The standard InChI is InChI=1S/C16H16N2O4S/c1-10-3-5-12(6-4-10)9-17-23(20,21)15-8-14-13(7-11(15)2)18-16(19)22-14/h3-8,17H,9H2,1-2H3,(H,18,19). The lowest BCUT2D eigenvalue weighted by Gasteiger charge is -2.09. The number of hydrogen-bond acceptors (Lipinski definition) is 4. The van der Waals surface area contributed by atoms with Gasteiger partial charge in [0.1, 0.15) is 0 Å². The smallest absolute Gasteiger partial charge is 0.408 e. The molecule has 23 heavy (non-hydrogen) atoms. The molecule has 7 heteroatoms. The van der Waals surface area contributed by atoms with Crippen LogP contribution in [0.1, 0.15) is 16.7 Å². The molecule has 120 valence electrons. The van der Waals surface area contributed by atoms with Crippen LogP contribution in [0, 0.1) is 13.8 Å². The maximum Gasteiger partial charge on any atom is 0.417 e. The second-order valence-electron chi connectivity index (χ2n) is 5.44. The van der Waals surface area contributed by atoms with Gasteiger partial charge in [-0.15, -0.1) is 0 Å². The van der Waals surface area contributed by atoms with Crippen molar-refractivity contribution in [3.05, 3.63) is 63.6 Å². The van der Waals surface area contributed by atoms with Gasteiger partial charge in [0, 0.05) is 12.6 Å². The van der Waals surface area contributed by atoms with Gasteiger partial charge in [-0.25, -0.2) is 17.9 Å². The van der Waals surface area contributed by atoms with Gasteiger partial charge in [0.2, 0.25) is 10.0 Å². The highest BCUT2D eigenvalue weighted by Gasteiger charge is 2.19. The molecule has 0 amide bonds. The van der Waals surface area contributed by atoms with Crippen LogP contribution in [0.25, 0.3) is 11.1 Å². The van der Waals surface area contributed by atoms with E-state index in [1.165, 1.54) is 6.07 Å². The third-order valence-electron chi connectivity index (χ3n) is 3.59. The van der Waals surface area contributed by atoms with Gasteiger partial charge < -0.3 is 4.42 Å². The van der Waals surface area contributed by atoms with E-state index in [0.29, 0.717) is 11.1 Å². The molecule has 0 saturated carbocycles. The molecular formula is C16H16N2O4S. The fourth-order valence-electron chi connectivity index (χ4n) is 2.34. The molecule has 0 bridgehead atoms. The summed E-state index contributed by atoms with van der Waals surface area (Å²) < 4.78 is 32.5. The first kappa shape index (κ1) is 15.5. The van der Waals surface area contributed by atoms with E-state index in [0.717, 1.165) is 11.1 Å². The number of oxazole rings is 1. The number of nitrogens with one attached hydrogen (secondary N) is 2. The fraction of sp³-hybridized carbons (Fsp3) is 0.188. The van der Waals surface area contributed by atoms with Crippen molar-refractivity contribution in [2.24, 2.45) is 0 Å². The Kier molecular flexibility index (Phi) is 3.83. The van der Waals surface area contributed by atoms with Gasteiger partial charge in [-0.3, -0.25) is 4.98 Å². The number of hydrogen-bond donors (Lipinski definition) is 2. The topological polar surface area (TPSA) is 92.2 Å². The predicted octanol–water partition coefficient (Wildman–Crippen LogP) is 2.22. The number of benzene rings is 2. The molecule has 2 aromatic carbocycles. The molecule has 3 rings (SSSR count). The van der Waals surface area contributed by atoms with Crippen molar-refractivity contribution in [2.75, 3.05) is 0 Å². The van der Waals surface area contributed by atoms with E-state index >= 15 is 0 Å². The van der Waals surface area contributed by atoms with E-state index in [1.807, 2.05) is 31.2 Å². The maximum atomic E-state index is 12.5. The number of aromatic amines is 1. The van der Waals surface area contributed by atoms with Crippen LogP contribution < -0.4 is 10.5 Å². The zero-order valence-corrected chi connectivity index (χ0v) is 13.5. The van der Waals surface area contributed by atoms with Gasteiger partial charge in [-0.05, 0) is 31.0 Å². The molecule has 0 aliphatic rings. The lowest BCUT2D eigenvalue weighted by Crippen LogP contribution is -2.24. The Morgan fingerprint density at radius 1 is 1.13 bits per heavy atom. The number of rotatable bonds is 4. The van der Waals surface area contributed by atoms with E-state index in [2.05, 4.69) is 9.71 Å². The molecular weight excluding hydrogens is 316 g/mol. The lowest BCUT2D eigenvalue weighted by atomic mass is 10.2. The number of fused-ring (bicyclic) bond motifs is 1. The Morgan fingerprint density at radius 3 is 2.52 bits per heavy atom. The minimum absolute atomic E-state index is 0.0971. The summed E-state index contributed by atoms with van der Waals surface area (Å²) >= 11 is 0. The minimum atomic E-state index is -3.71. The highest BCUT2D eigenvalue weighted by atomic mass is 32.2. The van der Waals surface area contributed by atoms with Crippen LogP contribution in [0.4, 0.5) is 0 Å². The second-order valence-corrected chi connectivity index (χ2v) is 7.17. The molecule has 0 aliphatic carbocycles. The van der Waals surface area contributed by atoms with Crippen LogP contribution in [0.2, 0.25) is 0 Å². The molecule has 0 unspecified atom stereocenters. The summed E-state index contributed by atoms with van der Waals surface area (Å²) in [6.07, 6.45) is 0. The van der Waals surface area contributed by atoms with Crippen LogP contribution in [0.15, 0.2) is 50.5 Å². The molecule has 2 N–H and O–H groups in total. The average molecular weight is 332 g/mol. The van der Waals surface area contributed by atoms with Crippen LogP contribution in [0.3, 0.4) is 0 Å². The Morgan fingerprint density at radius 2 is 1.83 bits per heavy atom. The Labute approximate surface area is 133 Å². The summed E-state index contributed by atoms with van der Waals surface area (Å²) in [5.41, 5.74) is 3.21. The summed E-state index contributed by atoms with van der Waals surface area (Å²) in [6.45, 7) is 3.83. The van der Waals surface area contributed by atoms with E-state index in [4.69, 9.17) is 4.42 Å². The quantitative estimate of drug-likeness (QED) is 0.766. The number of aryl methyl sites for hydroxylation is 2. The Hall–Kier alpha value is -2.38. The first-order chi connectivity index (χ1) is 10.8. The summed E-state index contributed by atoms with van der Waals surface area (Å²) in [4.78, 5) is 13.8. The van der Waals surface area contributed by atoms with Gasteiger partial charge in [0.15, 0.2) is 5.58 Å². The molecule has 3 aromatic rings. The monoisotopic (exact) mass is 332 g/mol. The normalized spacial score (nSPS) is 11.9. The molecule has 0 fully saturated rings. The molecule has 0 spiro atoms. The van der Waals surface area contributed by atoms with Crippen molar-refractivity contribution in [3.8, 4) is 0 Å². The van der Waals surface area contributed by atoms with Gasteiger partial charge in [-0.2, -0.15) is 0 Å². The van der Waals surface area contributed by atoms with Gasteiger partial charge in [0.25, 0.3) is 0 Å². The minimum Gasteiger partial charge on any atom is -0.408 e. The van der Waals surface area contributed by atoms with Crippen LogP contribution in [-0.2, 0) is 16.6 Å². The molecule has 0 saturated heterocycles. The van der Waals surface area contributed by atoms with Crippen molar-refractivity contribution in [1.29, 1.82) is 0 Å². The van der Waals surface area contributed by atoms with Gasteiger partial charge in [0.05, 0.1) is 10.4 Å². The Balaban J connectivity index is 1.91. The maximum absolute atomic E-state index is 12.5. The van der Waals surface area contributed by atoms with E-state index in [9.17, 15) is 13.2 Å². The molecule has 6 nitrogen and oxygen atoms in total. The first-order valence-electron chi connectivity index (χ1n) is 7.04. The number of sulfonamides is 1. The van der Waals surface area contributed by atoms with Gasteiger partial charge >= 0.3 is 5.76 Å². The Bertz CT molecular complexity index is 1010. The average Bonchev–Trinajstić information content (AvgIpc) is 2.85. The fourth-order valence-corrected chi connectivity index (χ4v) is 3.60. The van der Waals surface area contributed by atoms with E-state index in [1.54, 1.807) is 13.0 Å². The predicted molar refractivity (Wildman–Crippen MR) is 86.8 cm³/mol. The first-order valence-corrected chi connectivity index (χ1v) is 8.52. The van der Waals surface area contributed by atoms with Crippen molar-refractivity contribution in [3.63, 3.8) is 0 Å². The lowest BCUT2D eigenvalue weighted by molar-refractivity contribution is 0.553. The van der Waals surface area contributed by atoms with Crippen molar-refractivity contribution in [1.82, 2.24) is 9.71 Å². The zero-order valence-electron chi connectivity index (χ0n) is 12.7. The van der Waals surface area contributed by atoms with Crippen LogP contribution >= 0.6 is 0 Å².